The van der Waals surface area contributed by atoms with E-state index >= 15 is 0 Å². The predicted octanol–water partition coefficient (Wildman–Crippen LogP) is 3.40. The van der Waals surface area contributed by atoms with E-state index in [-0.39, 0.29) is 5.91 Å². The number of nitrogens with zero attached hydrogens (tertiary/aromatic N) is 1. The van der Waals surface area contributed by atoms with Gasteiger partial charge in [0, 0.05) is 18.2 Å². The summed E-state index contributed by atoms with van der Waals surface area (Å²) < 4.78 is 0. The van der Waals surface area contributed by atoms with Gasteiger partial charge in [-0.15, -0.1) is 0 Å². The topological polar surface area (TPSA) is 46.3 Å². The largest absolute Gasteiger partial charge is 0.336 e. The van der Waals surface area contributed by atoms with Crippen LogP contribution in [0, 0.1) is 5.92 Å². The van der Waals surface area contributed by atoms with Gasteiger partial charge in [-0.2, -0.15) is 0 Å². The van der Waals surface area contributed by atoms with Crippen molar-refractivity contribution in [3.63, 3.8) is 0 Å². The highest BCUT2D eigenvalue weighted by Gasteiger charge is 2.33. The zero-order valence-electron chi connectivity index (χ0n) is 13.5. The Morgan fingerprint density at radius 1 is 1.29 bits per heavy atom. The lowest BCUT2D eigenvalue weighted by Gasteiger charge is -2.32. The van der Waals surface area contributed by atoms with E-state index in [1.807, 2.05) is 17.0 Å². The van der Waals surface area contributed by atoms with Crippen molar-refractivity contribution >= 4 is 5.91 Å². The minimum absolute atomic E-state index is 0.151. The maximum atomic E-state index is 12.8. The smallest absolute Gasteiger partial charge is 0.254 e. The second-order valence-corrected chi connectivity index (χ2v) is 6.36. The van der Waals surface area contributed by atoms with Gasteiger partial charge in [-0.05, 0) is 55.8 Å². The molecule has 3 heteroatoms. The molecule has 0 aromatic heterocycles. The molecule has 2 rings (SSSR count). The molecule has 0 bridgehead atoms. The molecule has 0 heterocycles. The Kier molecular flexibility index (Phi) is 5.40. The van der Waals surface area contributed by atoms with Gasteiger partial charge < -0.3 is 10.6 Å². The average molecular weight is 288 g/mol. The Morgan fingerprint density at radius 2 is 1.95 bits per heavy atom. The maximum absolute atomic E-state index is 12.8. The van der Waals surface area contributed by atoms with Gasteiger partial charge >= 0.3 is 0 Å². The minimum atomic E-state index is 0.151. The monoisotopic (exact) mass is 288 g/mol. The van der Waals surface area contributed by atoms with Crippen LogP contribution >= 0.6 is 0 Å². The zero-order chi connectivity index (χ0) is 15.4. The zero-order valence-corrected chi connectivity index (χ0v) is 13.5. The van der Waals surface area contributed by atoms with Gasteiger partial charge in [0.15, 0.2) is 0 Å². The molecule has 1 amide bonds. The molecular formula is C18H28N2O. The van der Waals surface area contributed by atoms with E-state index < -0.39 is 0 Å². The van der Waals surface area contributed by atoms with Crippen molar-refractivity contribution in [1.82, 2.24) is 4.90 Å². The van der Waals surface area contributed by atoms with Crippen LogP contribution in [-0.4, -0.2) is 29.9 Å². The van der Waals surface area contributed by atoms with Crippen molar-refractivity contribution in [1.29, 1.82) is 0 Å². The molecule has 0 spiro atoms. The van der Waals surface area contributed by atoms with E-state index in [9.17, 15) is 4.79 Å². The molecule has 2 unspecified atom stereocenters. The lowest BCUT2D eigenvalue weighted by atomic mass is 9.99. The van der Waals surface area contributed by atoms with Gasteiger partial charge in [0.1, 0.15) is 0 Å². The van der Waals surface area contributed by atoms with E-state index in [1.54, 1.807) is 0 Å². The summed E-state index contributed by atoms with van der Waals surface area (Å²) in [5.41, 5.74) is 7.94. The summed E-state index contributed by atoms with van der Waals surface area (Å²) in [6.07, 6.45) is 3.42. The Hall–Kier alpha value is -1.35. The normalized spacial score (nSPS) is 21.8. The summed E-state index contributed by atoms with van der Waals surface area (Å²) in [5, 5.41) is 0. The lowest BCUT2D eigenvalue weighted by molar-refractivity contribution is 0.0652. The quantitative estimate of drug-likeness (QED) is 0.902. The van der Waals surface area contributed by atoms with E-state index in [0.29, 0.717) is 24.4 Å². The molecular weight excluding hydrogens is 260 g/mol. The van der Waals surface area contributed by atoms with Crippen molar-refractivity contribution in [3.05, 3.63) is 35.4 Å². The molecule has 2 N–H and O–H groups in total. The van der Waals surface area contributed by atoms with Gasteiger partial charge in [0.05, 0.1) is 0 Å². The fourth-order valence-electron chi connectivity index (χ4n) is 3.41. The van der Waals surface area contributed by atoms with Crippen LogP contribution in [-0.2, 0) is 0 Å². The molecule has 1 aliphatic rings. The average Bonchev–Trinajstić information content (AvgIpc) is 2.96. The van der Waals surface area contributed by atoms with Crippen molar-refractivity contribution in [2.45, 2.75) is 52.0 Å². The third-order valence-electron chi connectivity index (χ3n) is 4.75. The number of benzene rings is 1. The highest BCUT2D eigenvalue weighted by molar-refractivity contribution is 5.94. The van der Waals surface area contributed by atoms with Crippen LogP contribution < -0.4 is 5.73 Å². The number of hydrogen-bond acceptors (Lipinski definition) is 2. The Labute approximate surface area is 128 Å². The van der Waals surface area contributed by atoms with Crippen LogP contribution in [0.2, 0.25) is 0 Å². The van der Waals surface area contributed by atoms with Crippen LogP contribution in [0.3, 0.4) is 0 Å². The second kappa shape index (κ2) is 7.08. The molecule has 1 aromatic carbocycles. The van der Waals surface area contributed by atoms with Gasteiger partial charge in [-0.3, -0.25) is 4.79 Å². The second-order valence-electron chi connectivity index (χ2n) is 6.36. The Bertz CT molecular complexity index is 467. The molecule has 116 valence electrons. The minimum Gasteiger partial charge on any atom is -0.336 e. The summed E-state index contributed by atoms with van der Waals surface area (Å²) in [7, 11) is 0. The number of carbonyl (C=O) groups is 1. The summed E-state index contributed by atoms with van der Waals surface area (Å²) in [6.45, 7) is 7.83. The van der Waals surface area contributed by atoms with Crippen LogP contribution in [0.5, 0.6) is 0 Å². The first-order valence-corrected chi connectivity index (χ1v) is 8.19. The first kappa shape index (κ1) is 16.0. The fourth-order valence-corrected chi connectivity index (χ4v) is 3.41. The number of hydrogen-bond donors (Lipinski definition) is 1. The Morgan fingerprint density at radius 3 is 2.48 bits per heavy atom. The predicted molar refractivity (Wildman–Crippen MR) is 87.4 cm³/mol. The highest BCUT2D eigenvalue weighted by atomic mass is 16.2. The van der Waals surface area contributed by atoms with E-state index in [2.05, 4.69) is 32.9 Å². The molecule has 1 aliphatic carbocycles. The van der Waals surface area contributed by atoms with Crippen molar-refractivity contribution in [2.24, 2.45) is 11.7 Å². The molecule has 1 aromatic rings. The Balaban J connectivity index is 2.16. The molecule has 21 heavy (non-hydrogen) atoms. The molecule has 0 radical (unpaired) electrons. The van der Waals surface area contributed by atoms with Crippen LogP contribution in [0.4, 0.5) is 0 Å². The van der Waals surface area contributed by atoms with Gasteiger partial charge in [0.25, 0.3) is 5.91 Å². The molecule has 1 fully saturated rings. The van der Waals surface area contributed by atoms with Crippen molar-refractivity contribution in [3.8, 4) is 0 Å². The van der Waals surface area contributed by atoms with Crippen molar-refractivity contribution in [2.75, 3.05) is 13.1 Å². The number of carbonyl (C=O) groups excluding carboxylic acids is 1. The van der Waals surface area contributed by atoms with Gasteiger partial charge in [-0.1, -0.05) is 32.4 Å². The fraction of sp³-hybridized carbons (Fsp3) is 0.611. The molecule has 0 saturated heterocycles. The first-order valence-electron chi connectivity index (χ1n) is 8.19. The van der Waals surface area contributed by atoms with Gasteiger partial charge in [-0.25, -0.2) is 0 Å². The molecule has 2 atom stereocenters. The summed E-state index contributed by atoms with van der Waals surface area (Å²) in [4.78, 5) is 14.8. The number of rotatable bonds is 5. The van der Waals surface area contributed by atoms with E-state index in [0.717, 1.165) is 24.9 Å². The van der Waals surface area contributed by atoms with Crippen LogP contribution in [0.15, 0.2) is 24.3 Å². The molecule has 0 aliphatic heterocycles. The van der Waals surface area contributed by atoms with Crippen molar-refractivity contribution < 1.29 is 4.79 Å². The molecule has 1 saturated carbocycles. The third kappa shape index (κ3) is 3.46. The van der Waals surface area contributed by atoms with Gasteiger partial charge in [0.2, 0.25) is 0 Å². The van der Waals surface area contributed by atoms with Crippen LogP contribution in [0.1, 0.15) is 61.9 Å². The highest BCUT2D eigenvalue weighted by Crippen LogP contribution is 2.30. The SMILES string of the molecule is CCN(C(=O)c1ccc(C(C)C)cc1)C1CCCC1CN. The summed E-state index contributed by atoms with van der Waals surface area (Å²) in [6, 6.07) is 8.39. The summed E-state index contributed by atoms with van der Waals surface area (Å²) in [5.74, 6) is 1.11. The summed E-state index contributed by atoms with van der Waals surface area (Å²) >= 11 is 0. The number of amides is 1. The van der Waals surface area contributed by atoms with E-state index in [4.69, 9.17) is 5.73 Å². The lowest BCUT2D eigenvalue weighted by Crippen LogP contribution is -2.44. The van der Waals surface area contributed by atoms with Crippen LogP contribution in [0.25, 0.3) is 0 Å². The third-order valence-corrected chi connectivity index (χ3v) is 4.75. The number of nitrogens with two attached hydrogens (primary N) is 1. The standard InChI is InChI=1S/C18H28N2O/c1-4-20(17-7-5-6-16(17)12-19)18(21)15-10-8-14(9-11-15)13(2)3/h8-11,13,16-17H,4-7,12,19H2,1-3H3. The maximum Gasteiger partial charge on any atom is 0.254 e. The first-order chi connectivity index (χ1) is 10.1. The molecule has 3 nitrogen and oxygen atoms in total. The van der Waals surface area contributed by atoms with E-state index in [1.165, 1.54) is 12.0 Å².